The molecule has 1 heterocycles. The molecule has 0 bridgehead atoms. The second kappa shape index (κ2) is 7.40. The fraction of sp³-hybridized carbons (Fsp3) is 0. The van der Waals surface area contributed by atoms with Crippen LogP contribution in [0.25, 0.3) is 5.69 Å². The molecular weight excluding hydrogens is 465 g/mol. The summed E-state index contributed by atoms with van der Waals surface area (Å²) in [6.45, 7) is 0. The van der Waals surface area contributed by atoms with Gasteiger partial charge in [-0.25, -0.2) is 18.1 Å². The Balaban J connectivity index is 1.85. The fourth-order valence-electron chi connectivity index (χ4n) is 2.11. The molecule has 0 atom stereocenters. The van der Waals surface area contributed by atoms with Crippen LogP contribution in [0.3, 0.4) is 0 Å². The maximum Gasteiger partial charge on any atom is 0.285 e. The summed E-state index contributed by atoms with van der Waals surface area (Å²) < 4.78 is 28.5. The van der Waals surface area contributed by atoms with Gasteiger partial charge in [-0.15, -0.1) is 0 Å². The van der Waals surface area contributed by atoms with Gasteiger partial charge in [0.1, 0.15) is 12.0 Å². The van der Waals surface area contributed by atoms with E-state index >= 15 is 0 Å². The topological polar surface area (TPSA) is 81.1 Å². The number of sulfonamides is 1. The molecule has 1 aromatic heterocycles. The fourth-order valence-corrected chi connectivity index (χ4v) is 3.79. The van der Waals surface area contributed by atoms with E-state index in [-0.39, 0.29) is 10.6 Å². The lowest BCUT2D eigenvalue weighted by Gasteiger charge is -2.06. The molecule has 0 radical (unpaired) electrons. The minimum atomic E-state index is -3.98. The van der Waals surface area contributed by atoms with Crippen LogP contribution in [-0.4, -0.2) is 23.9 Å². The zero-order valence-electron chi connectivity index (χ0n) is 12.9. The van der Waals surface area contributed by atoms with E-state index in [1.807, 2.05) is 4.72 Å². The molecule has 0 saturated heterocycles. The average Bonchev–Trinajstić information content (AvgIpc) is 3.10. The summed E-state index contributed by atoms with van der Waals surface area (Å²) in [5, 5.41) is 0.776. The molecule has 26 heavy (non-hydrogen) atoms. The lowest BCUT2D eigenvalue weighted by Crippen LogP contribution is -2.30. The third-order valence-corrected chi connectivity index (χ3v) is 6.62. The monoisotopic (exact) mass is 473 g/mol. The smallest absolute Gasteiger partial charge is 0.285 e. The van der Waals surface area contributed by atoms with E-state index in [0.717, 1.165) is 0 Å². The van der Waals surface area contributed by atoms with Crippen molar-refractivity contribution in [2.75, 3.05) is 0 Å². The predicted molar refractivity (Wildman–Crippen MR) is 102 cm³/mol. The summed E-state index contributed by atoms with van der Waals surface area (Å²) in [4.78, 5) is 16.2. The first-order valence-corrected chi connectivity index (χ1v) is 10.1. The van der Waals surface area contributed by atoms with E-state index in [1.54, 1.807) is 30.3 Å². The third-order valence-electron chi connectivity index (χ3n) is 3.36. The number of nitrogens with zero attached hydrogens (tertiary/aromatic N) is 2. The van der Waals surface area contributed by atoms with Gasteiger partial charge in [0.2, 0.25) is 0 Å². The highest BCUT2D eigenvalue weighted by molar-refractivity contribution is 9.10. The van der Waals surface area contributed by atoms with Gasteiger partial charge in [0.05, 0.1) is 19.4 Å². The lowest BCUT2D eigenvalue weighted by atomic mass is 10.3. The molecule has 1 amide bonds. The number of halogens is 3. The highest BCUT2D eigenvalue weighted by atomic mass is 79.9. The summed E-state index contributed by atoms with van der Waals surface area (Å²) >= 11 is 15.4. The van der Waals surface area contributed by atoms with Gasteiger partial charge in [0.15, 0.2) is 0 Å². The second-order valence-electron chi connectivity index (χ2n) is 5.14. The van der Waals surface area contributed by atoms with Crippen LogP contribution in [0.4, 0.5) is 0 Å². The van der Waals surface area contributed by atoms with Gasteiger partial charge in [-0.2, -0.15) is 0 Å². The SMILES string of the molecule is O=C(NS(=O)(=O)c1ccccc1)c1cn(-c2cc(Cl)c(Br)c(Cl)c2)cn1. The molecular formula is C16H10BrCl2N3O3S. The van der Waals surface area contributed by atoms with E-state index in [4.69, 9.17) is 23.2 Å². The first-order valence-electron chi connectivity index (χ1n) is 7.09. The summed E-state index contributed by atoms with van der Waals surface area (Å²) in [6, 6.07) is 10.8. The minimum Gasteiger partial charge on any atom is -0.305 e. The van der Waals surface area contributed by atoms with Gasteiger partial charge in [-0.3, -0.25) is 4.79 Å². The first-order chi connectivity index (χ1) is 12.3. The number of hydrogen-bond acceptors (Lipinski definition) is 4. The van der Waals surface area contributed by atoms with Crippen LogP contribution in [-0.2, 0) is 10.0 Å². The van der Waals surface area contributed by atoms with Crippen LogP contribution in [0, 0.1) is 0 Å². The first kappa shape index (κ1) is 18.9. The number of hydrogen-bond donors (Lipinski definition) is 1. The Bertz CT molecular complexity index is 1060. The normalized spacial score (nSPS) is 11.3. The molecule has 6 nitrogen and oxygen atoms in total. The molecule has 0 saturated carbocycles. The highest BCUT2D eigenvalue weighted by Gasteiger charge is 2.20. The van der Waals surface area contributed by atoms with Gasteiger partial charge in [0, 0.05) is 11.9 Å². The molecule has 1 N–H and O–H groups in total. The zero-order valence-corrected chi connectivity index (χ0v) is 16.8. The van der Waals surface area contributed by atoms with Crippen molar-refractivity contribution in [3.63, 3.8) is 0 Å². The Labute approximate surface area is 167 Å². The lowest BCUT2D eigenvalue weighted by molar-refractivity contribution is 0.0977. The minimum absolute atomic E-state index is 0.0146. The van der Waals surface area contributed by atoms with Gasteiger partial charge >= 0.3 is 0 Å². The molecule has 0 aliphatic carbocycles. The Hall–Kier alpha value is -1.87. The van der Waals surface area contributed by atoms with Crippen molar-refractivity contribution in [1.29, 1.82) is 0 Å². The number of imidazole rings is 1. The second-order valence-corrected chi connectivity index (χ2v) is 8.43. The van der Waals surface area contributed by atoms with Crippen molar-refractivity contribution < 1.29 is 13.2 Å². The molecule has 0 fully saturated rings. The van der Waals surface area contributed by atoms with E-state index in [2.05, 4.69) is 20.9 Å². The van der Waals surface area contributed by atoms with Crippen molar-refractivity contribution in [2.24, 2.45) is 0 Å². The molecule has 134 valence electrons. The molecule has 0 aliphatic heterocycles. The van der Waals surface area contributed by atoms with Gasteiger partial charge < -0.3 is 4.57 Å². The number of benzene rings is 2. The van der Waals surface area contributed by atoms with Crippen LogP contribution in [0.15, 0.2) is 64.4 Å². The van der Waals surface area contributed by atoms with E-state index in [0.29, 0.717) is 20.2 Å². The number of carbonyl (C=O) groups is 1. The number of carbonyl (C=O) groups excluding carboxylic acids is 1. The van der Waals surface area contributed by atoms with Gasteiger partial charge in [0.25, 0.3) is 15.9 Å². The largest absolute Gasteiger partial charge is 0.305 e. The quantitative estimate of drug-likeness (QED) is 0.578. The van der Waals surface area contributed by atoms with Gasteiger partial charge in [-0.05, 0) is 40.2 Å². The zero-order chi connectivity index (χ0) is 18.9. The number of amides is 1. The Morgan fingerprint density at radius 1 is 1.12 bits per heavy atom. The summed E-state index contributed by atoms with van der Waals surface area (Å²) in [5.41, 5.74) is 0.500. The van der Waals surface area contributed by atoms with E-state index < -0.39 is 15.9 Å². The number of aromatic nitrogens is 2. The maximum atomic E-state index is 12.2. The van der Waals surface area contributed by atoms with Crippen molar-refractivity contribution in [3.05, 3.63) is 75.2 Å². The Kier molecular flexibility index (Phi) is 5.38. The van der Waals surface area contributed by atoms with Crippen molar-refractivity contribution in [2.45, 2.75) is 4.90 Å². The van der Waals surface area contributed by atoms with Crippen LogP contribution >= 0.6 is 39.1 Å². The molecule has 0 unspecified atom stereocenters. The van der Waals surface area contributed by atoms with Crippen molar-refractivity contribution in [3.8, 4) is 5.69 Å². The summed E-state index contributed by atoms with van der Waals surface area (Å²) in [5.74, 6) is -0.845. The van der Waals surface area contributed by atoms with Crippen LogP contribution in [0.1, 0.15) is 10.5 Å². The average molecular weight is 475 g/mol. The molecule has 3 aromatic rings. The number of nitrogens with one attached hydrogen (secondary N) is 1. The van der Waals surface area contributed by atoms with Crippen molar-refractivity contribution >= 4 is 55.1 Å². The standard InChI is InChI=1S/C16H10BrCl2N3O3S/c17-15-12(18)6-10(7-13(15)19)22-8-14(20-9-22)16(23)21-26(24,25)11-4-2-1-3-5-11/h1-9H,(H,21,23). The molecule has 3 rings (SSSR count). The Morgan fingerprint density at radius 2 is 1.73 bits per heavy atom. The van der Waals surface area contributed by atoms with E-state index in [1.165, 1.54) is 29.2 Å². The van der Waals surface area contributed by atoms with E-state index in [9.17, 15) is 13.2 Å². The van der Waals surface area contributed by atoms with Gasteiger partial charge in [-0.1, -0.05) is 41.4 Å². The Morgan fingerprint density at radius 3 is 2.35 bits per heavy atom. The maximum absolute atomic E-state index is 12.2. The highest BCUT2D eigenvalue weighted by Crippen LogP contribution is 2.32. The van der Waals surface area contributed by atoms with Crippen LogP contribution in [0.2, 0.25) is 10.0 Å². The third kappa shape index (κ3) is 3.93. The summed E-state index contributed by atoms with van der Waals surface area (Å²) in [7, 11) is -3.98. The van der Waals surface area contributed by atoms with Crippen LogP contribution in [0.5, 0.6) is 0 Å². The molecule has 0 aliphatic rings. The summed E-state index contributed by atoms with van der Waals surface area (Å²) in [6.07, 6.45) is 2.74. The van der Waals surface area contributed by atoms with Crippen molar-refractivity contribution in [1.82, 2.24) is 14.3 Å². The predicted octanol–water partition coefficient (Wildman–Crippen LogP) is 4.06. The molecule has 10 heteroatoms. The molecule has 2 aromatic carbocycles. The number of rotatable bonds is 4. The molecule has 0 spiro atoms. The van der Waals surface area contributed by atoms with Crippen LogP contribution < -0.4 is 4.72 Å².